The number of hydrogen-bond donors (Lipinski definition) is 1. The number of aromatic nitrogens is 1. The van der Waals surface area contributed by atoms with Crippen LogP contribution in [0.15, 0.2) is 41.0 Å². The number of halogens is 1. The summed E-state index contributed by atoms with van der Waals surface area (Å²) in [7, 11) is -3.81. The number of sulfonamides is 1. The van der Waals surface area contributed by atoms with Gasteiger partial charge in [-0.2, -0.15) is 0 Å². The number of hydrogen-bond acceptors (Lipinski definition) is 5. The highest BCUT2D eigenvalue weighted by Gasteiger charge is 2.14. The summed E-state index contributed by atoms with van der Waals surface area (Å²) < 4.78 is 30.9. The van der Waals surface area contributed by atoms with Crippen LogP contribution >= 0.6 is 11.6 Å². The number of carbonyl (C=O) groups is 1. The number of nitrogens with zero attached hydrogens (tertiary/aromatic N) is 1. The van der Waals surface area contributed by atoms with Gasteiger partial charge in [-0.1, -0.05) is 17.7 Å². The van der Waals surface area contributed by atoms with Gasteiger partial charge in [-0.25, -0.2) is 18.1 Å². The van der Waals surface area contributed by atoms with Crippen LogP contribution in [0.2, 0.25) is 5.15 Å². The number of nitrogens with one attached hydrogen (secondary N) is 1. The van der Waals surface area contributed by atoms with Crippen molar-refractivity contribution >= 4 is 33.6 Å². The van der Waals surface area contributed by atoms with Crippen molar-refractivity contribution in [2.24, 2.45) is 0 Å². The molecule has 0 radical (unpaired) electrons. The summed E-state index contributed by atoms with van der Waals surface area (Å²) in [6.07, 6.45) is 3.82. The van der Waals surface area contributed by atoms with E-state index in [1.54, 1.807) is 19.1 Å². The van der Waals surface area contributed by atoms with Crippen LogP contribution in [0.4, 0.5) is 0 Å². The fourth-order valence-corrected chi connectivity index (χ4v) is 2.80. The number of carbonyl (C=O) groups excluding carboxylic acids is 1. The zero-order chi connectivity index (χ0) is 16.2. The van der Waals surface area contributed by atoms with Crippen molar-refractivity contribution in [1.82, 2.24) is 9.71 Å². The first-order valence-electron chi connectivity index (χ1n) is 6.23. The van der Waals surface area contributed by atoms with E-state index in [0.29, 0.717) is 17.1 Å². The molecule has 1 N–H and O–H groups in total. The SMILES string of the molecule is Cc1ccc(/C=C/C(=O)NS(=O)(=O)Cc2ccc(Cl)nc2)o1. The Bertz CT molecular complexity index is 795. The standard InChI is InChI=1S/C14H13ClN2O4S/c1-10-2-4-12(21-10)5-7-14(18)17-22(19,20)9-11-3-6-13(15)16-8-11/h2-8H,9H2,1H3,(H,17,18)/b7-5+. The van der Waals surface area contributed by atoms with Crippen molar-refractivity contribution in [1.29, 1.82) is 0 Å². The lowest BCUT2D eigenvalue weighted by Crippen LogP contribution is -2.30. The smallest absolute Gasteiger partial charge is 0.257 e. The number of aryl methyl sites for hydroxylation is 1. The Morgan fingerprint density at radius 2 is 2.14 bits per heavy atom. The Morgan fingerprint density at radius 3 is 2.73 bits per heavy atom. The van der Waals surface area contributed by atoms with Crippen molar-refractivity contribution in [3.8, 4) is 0 Å². The van der Waals surface area contributed by atoms with Crippen molar-refractivity contribution < 1.29 is 17.6 Å². The minimum absolute atomic E-state index is 0.266. The Hall–Kier alpha value is -2.12. The minimum atomic E-state index is -3.81. The van der Waals surface area contributed by atoms with Gasteiger partial charge in [0.2, 0.25) is 10.0 Å². The van der Waals surface area contributed by atoms with Gasteiger partial charge in [0, 0.05) is 12.3 Å². The highest BCUT2D eigenvalue weighted by atomic mass is 35.5. The third-order valence-corrected chi connectivity index (χ3v) is 4.01. The van der Waals surface area contributed by atoms with Gasteiger partial charge in [0.25, 0.3) is 5.91 Å². The first-order valence-corrected chi connectivity index (χ1v) is 8.26. The summed E-state index contributed by atoms with van der Waals surface area (Å²) in [4.78, 5) is 15.4. The normalized spacial score (nSPS) is 11.7. The van der Waals surface area contributed by atoms with Gasteiger partial charge < -0.3 is 4.42 Å². The van der Waals surface area contributed by atoms with Gasteiger partial charge in [-0.05, 0) is 36.8 Å². The molecule has 0 aliphatic rings. The van der Waals surface area contributed by atoms with Gasteiger partial charge in [-0.3, -0.25) is 4.79 Å². The van der Waals surface area contributed by atoms with E-state index >= 15 is 0 Å². The number of amides is 1. The van der Waals surface area contributed by atoms with Crippen molar-refractivity contribution in [2.75, 3.05) is 0 Å². The molecule has 2 aromatic heterocycles. The maximum atomic E-state index is 11.9. The van der Waals surface area contributed by atoms with Crippen molar-refractivity contribution in [3.63, 3.8) is 0 Å². The molecule has 0 aliphatic heterocycles. The molecule has 0 aromatic carbocycles. The highest BCUT2D eigenvalue weighted by molar-refractivity contribution is 7.89. The van der Waals surface area contributed by atoms with Crippen LogP contribution in [0, 0.1) is 6.92 Å². The van der Waals surface area contributed by atoms with E-state index in [9.17, 15) is 13.2 Å². The molecule has 0 spiro atoms. The lowest BCUT2D eigenvalue weighted by molar-refractivity contribution is -0.114. The van der Waals surface area contributed by atoms with E-state index in [4.69, 9.17) is 16.0 Å². The molecule has 0 atom stereocenters. The zero-order valence-electron chi connectivity index (χ0n) is 11.6. The van der Waals surface area contributed by atoms with Crippen LogP contribution in [-0.4, -0.2) is 19.3 Å². The van der Waals surface area contributed by atoms with Crippen LogP contribution < -0.4 is 4.72 Å². The molecule has 0 saturated heterocycles. The summed E-state index contributed by atoms with van der Waals surface area (Å²) in [5.74, 6) is 0.0437. The largest absolute Gasteiger partial charge is 0.462 e. The predicted octanol–water partition coefficient (Wildman–Crippen LogP) is 2.30. The lowest BCUT2D eigenvalue weighted by Gasteiger charge is -2.04. The summed E-state index contributed by atoms with van der Waals surface area (Å²) in [6.45, 7) is 1.77. The van der Waals surface area contributed by atoms with Crippen LogP contribution in [0.1, 0.15) is 17.1 Å². The van der Waals surface area contributed by atoms with E-state index < -0.39 is 15.9 Å². The van der Waals surface area contributed by atoms with Crippen molar-refractivity contribution in [3.05, 3.63) is 58.8 Å². The van der Waals surface area contributed by atoms with E-state index in [1.807, 2.05) is 4.72 Å². The van der Waals surface area contributed by atoms with E-state index in [1.165, 1.54) is 24.4 Å². The Labute approximate surface area is 132 Å². The minimum Gasteiger partial charge on any atom is -0.462 e. The van der Waals surface area contributed by atoms with Gasteiger partial charge in [0.05, 0.1) is 5.75 Å². The molecule has 0 fully saturated rings. The number of rotatable bonds is 5. The molecule has 1 amide bonds. The van der Waals surface area contributed by atoms with E-state index in [-0.39, 0.29) is 10.9 Å². The van der Waals surface area contributed by atoms with Crippen molar-refractivity contribution in [2.45, 2.75) is 12.7 Å². The quantitative estimate of drug-likeness (QED) is 0.666. The Morgan fingerprint density at radius 1 is 1.36 bits per heavy atom. The average Bonchev–Trinajstić information content (AvgIpc) is 2.84. The first kappa shape index (κ1) is 16.3. The van der Waals surface area contributed by atoms with Gasteiger partial charge in [0.1, 0.15) is 16.7 Å². The first-order chi connectivity index (χ1) is 10.3. The molecule has 0 bridgehead atoms. The van der Waals surface area contributed by atoms with E-state index in [0.717, 1.165) is 6.08 Å². The third kappa shape index (κ3) is 5.01. The summed E-state index contributed by atoms with van der Waals surface area (Å²) in [6, 6.07) is 6.42. The van der Waals surface area contributed by atoms with Gasteiger partial charge >= 0.3 is 0 Å². The maximum Gasteiger partial charge on any atom is 0.257 e. The summed E-state index contributed by atoms with van der Waals surface area (Å²) in [5, 5.41) is 0.266. The second-order valence-corrected chi connectivity index (χ2v) is 6.61. The maximum absolute atomic E-state index is 11.9. The molecule has 2 heterocycles. The molecule has 2 rings (SSSR count). The molecule has 0 saturated carbocycles. The number of pyridine rings is 1. The molecule has 0 aliphatic carbocycles. The Kier molecular flexibility index (Phi) is 4.99. The van der Waals surface area contributed by atoms with Crippen LogP contribution in [0.25, 0.3) is 6.08 Å². The molecule has 8 heteroatoms. The summed E-state index contributed by atoms with van der Waals surface area (Å²) in [5.41, 5.74) is 0.426. The van der Waals surface area contributed by atoms with Gasteiger partial charge in [-0.15, -0.1) is 0 Å². The van der Waals surface area contributed by atoms with E-state index in [2.05, 4.69) is 4.98 Å². The molecule has 22 heavy (non-hydrogen) atoms. The molecule has 6 nitrogen and oxygen atoms in total. The summed E-state index contributed by atoms with van der Waals surface area (Å²) >= 11 is 5.62. The fourth-order valence-electron chi connectivity index (χ4n) is 1.64. The second-order valence-electron chi connectivity index (χ2n) is 4.50. The molecule has 0 unspecified atom stereocenters. The monoisotopic (exact) mass is 340 g/mol. The average molecular weight is 341 g/mol. The van der Waals surface area contributed by atoms with Crippen LogP contribution in [-0.2, 0) is 20.6 Å². The van der Waals surface area contributed by atoms with Crippen LogP contribution in [0.3, 0.4) is 0 Å². The number of furan rings is 1. The zero-order valence-corrected chi connectivity index (χ0v) is 13.2. The Balaban J connectivity index is 1.97. The molecular formula is C14H13ClN2O4S. The van der Waals surface area contributed by atoms with Crippen LogP contribution in [0.5, 0.6) is 0 Å². The molecule has 116 valence electrons. The fraction of sp³-hybridized carbons (Fsp3) is 0.143. The second kappa shape index (κ2) is 6.76. The topological polar surface area (TPSA) is 89.3 Å². The molecular weight excluding hydrogens is 328 g/mol. The molecule has 2 aromatic rings. The van der Waals surface area contributed by atoms with Gasteiger partial charge in [0.15, 0.2) is 0 Å². The third-order valence-electron chi connectivity index (χ3n) is 2.56. The predicted molar refractivity (Wildman–Crippen MR) is 82.5 cm³/mol. The lowest BCUT2D eigenvalue weighted by atomic mass is 10.3. The highest BCUT2D eigenvalue weighted by Crippen LogP contribution is 2.09.